The van der Waals surface area contributed by atoms with E-state index in [1.165, 1.54) is 12.1 Å². The molecule has 6 rings (SSSR count). The molecule has 1 atom stereocenters. The summed E-state index contributed by atoms with van der Waals surface area (Å²) < 4.78 is 54.9. The Kier molecular flexibility index (Phi) is 5.84. The van der Waals surface area contributed by atoms with Gasteiger partial charge in [0, 0.05) is 24.0 Å². The highest BCUT2D eigenvalue weighted by Crippen LogP contribution is 2.40. The van der Waals surface area contributed by atoms with Crippen molar-refractivity contribution in [3.63, 3.8) is 0 Å². The molecule has 192 valence electrons. The summed E-state index contributed by atoms with van der Waals surface area (Å²) in [4.78, 5) is 9.20. The Morgan fingerprint density at radius 1 is 1.11 bits per heavy atom. The number of anilines is 1. The number of rotatable bonds is 5. The molecular formula is C26H25F3N6O2. The predicted octanol–water partition coefficient (Wildman–Crippen LogP) is 5.54. The van der Waals surface area contributed by atoms with E-state index in [9.17, 15) is 13.2 Å². The first-order valence-electron chi connectivity index (χ1n) is 12.2. The van der Waals surface area contributed by atoms with Crippen LogP contribution in [0.15, 0.2) is 36.7 Å². The number of ether oxygens (including phenoxy) is 2. The van der Waals surface area contributed by atoms with Crippen LogP contribution in [0.2, 0.25) is 0 Å². The second-order valence-electron chi connectivity index (χ2n) is 9.40. The number of hydrogen-bond donors (Lipinski definition) is 1. The highest BCUT2D eigenvalue weighted by molar-refractivity contribution is 5.94. The Labute approximate surface area is 210 Å². The van der Waals surface area contributed by atoms with Crippen molar-refractivity contribution >= 4 is 28.1 Å². The van der Waals surface area contributed by atoms with Crippen LogP contribution in [0.1, 0.15) is 61.2 Å². The van der Waals surface area contributed by atoms with Crippen molar-refractivity contribution in [3.05, 3.63) is 65.0 Å². The molecule has 0 bridgehead atoms. The molecule has 0 amide bonds. The molecule has 2 aliphatic rings. The molecule has 0 saturated carbocycles. The van der Waals surface area contributed by atoms with Crippen LogP contribution >= 0.6 is 0 Å². The summed E-state index contributed by atoms with van der Waals surface area (Å²) in [5.41, 5.74) is 2.72. The van der Waals surface area contributed by atoms with E-state index < -0.39 is 29.6 Å². The maximum Gasteiger partial charge on any atom is 0.266 e. The molecule has 4 aromatic rings. The molecule has 1 fully saturated rings. The molecule has 0 unspecified atom stereocenters. The van der Waals surface area contributed by atoms with E-state index >= 15 is 0 Å². The number of hydrogen-bond acceptors (Lipinski definition) is 7. The van der Waals surface area contributed by atoms with E-state index in [1.54, 1.807) is 24.6 Å². The van der Waals surface area contributed by atoms with Crippen molar-refractivity contribution in [2.75, 3.05) is 18.5 Å². The van der Waals surface area contributed by atoms with Gasteiger partial charge in [0.2, 0.25) is 0 Å². The average Bonchev–Trinajstić information content (AvgIpc) is 3.55. The van der Waals surface area contributed by atoms with E-state index in [-0.39, 0.29) is 5.56 Å². The van der Waals surface area contributed by atoms with Gasteiger partial charge in [-0.1, -0.05) is 24.3 Å². The number of fused-ring (bicyclic) bond motifs is 3. The van der Waals surface area contributed by atoms with Crippen LogP contribution in [0.3, 0.4) is 0 Å². The fourth-order valence-corrected chi connectivity index (χ4v) is 5.18. The van der Waals surface area contributed by atoms with Crippen molar-refractivity contribution < 1.29 is 22.6 Å². The second-order valence-corrected chi connectivity index (χ2v) is 9.40. The Morgan fingerprint density at radius 2 is 1.89 bits per heavy atom. The molecule has 11 heteroatoms. The number of nitrogens with one attached hydrogen (secondary N) is 1. The lowest BCUT2D eigenvalue weighted by Crippen LogP contribution is -2.31. The van der Waals surface area contributed by atoms with Crippen molar-refractivity contribution in [1.29, 1.82) is 0 Å². The quantitative estimate of drug-likeness (QED) is 0.377. The maximum atomic E-state index is 14.9. The molecule has 1 saturated heterocycles. The average molecular weight is 511 g/mol. The summed E-state index contributed by atoms with van der Waals surface area (Å²) >= 11 is 0. The Balaban J connectivity index is 1.44. The molecule has 0 radical (unpaired) electrons. The van der Waals surface area contributed by atoms with Crippen molar-refractivity contribution in [3.8, 4) is 0 Å². The zero-order chi connectivity index (χ0) is 25.7. The standard InChI is InChI=1S/C26H25F3N6O2/c1-14(17-4-3-5-18(21(17)27)22(28)29)31-23-20-12-19(16-6-8-26(9-7-16)36-10-11-37-26)25-34-30-13-35(25)24(20)33-15(2)32-23/h3-6,12-14,22H,7-11H2,1-2H3,(H,31,32,33)/t14-/m1/s1. The minimum Gasteiger partial charge on any atom is -0.363 e. The van der Waals surface area contributed by atoms with Crippen molar-refractivity contribution in [1.82, 2.24) is 24.6 Å². The van der Waals surface area contributed by atoms with Crippen LogP contribution in [0.25, 0.3) is 22.3 Å². The third-order valence-corrected chi connectivity index (χ3v) is 7.05. The lowest BCUT2D eigenvalue weighted by atomic mass is 9.90. The van der Waals surface area contributed by atoms with Crippen LogP contribution in [0.5, 0.6) is 0 Å². The zero-order valence-corrected chi connectivity index (χ0v) is 20.3. The molecule has 1 N–H and O–H groups in total. The first-order chi connectivity index (χ1) is 17.8. The van der Waals surface area contributed by atoms with Gasteiger partial charge < -0.3 is 14.8 Å². The van der Waals surface area contributed by atoms with E-state index in [4.69, 9.17) is 9.47 Å². The third kappa shape index (κ3) is 4.11. The number of allylic oxidation sites excluding steroid dienone is 1. The van der Waals surface area contributed by atoms with Gasteiger partial charge in [0.1, 0.15) is 23.8 Å². The SMILES string of the molecule is Cc1nc(N[C@H](C)c2cccc(C(F)F)c2F)c2cc(C3=CCC4(CC3)OCCO4)c3nncn3c2n1. The van der Waals surface area contributed by atoms with Gasteiger partial charge >= 0.3 is 0 Å². The van der Waals surface area contributed by atoms with E-state index in [0.717, 1.165) is 30.0 Å². The smallest absolute Gasteiger partial charge is 0.266 e. The molecule has 1 aromatic carbocycles. The first kappa shape index (κ1) is 23.8. The Hall–Kier alpha value is -3.57. The van der Waals surface area contributed by atoms with Crippen molar-refractivity contribution in [2.45, 2.75) is 51.4 Å². The van der Waals surface area contributed by atoms with Gasteiger partial charge in [-0.05, 0) is 31.9 Å². The van der Waals surface area contributed by atoms with Gasteiger partial charge in [0.25, 0.3) is 6.43 Å². The Bertz CT molecular complexity index is 1530. The van der Waals surface area contributed by atoms with Crippen LogP contribution in [-0.2, 0) is 9.47 Å². The molecule has 1 aliphatic heterocycles. The normalized spacial score (nSPS) is 18.2. The number of pyridine rings is 1. The van der Waals surface area contributed by atoms with Crippen LogP contribution in [-0.4, -0.2) is 43.6 Å². The Morgan fingerprint density at radius 3 is 2.62 bits per heavy atom. The molecule has 8 nitrogen and oxygen atoms in total. The molecule has 3 aromatic heterocycles. The highest BCUT2D eigenvalue weighted by Gasteiger charge is 2.38. The van der Waals surface area contributed by atoms with Gasteiger partial charge in [-0.2, -0.15) is 0 Å². The molecule has 1 spiro atoms. The summed E-state index contributed by atoms with van der Waals surface area (Å²) in [6.07, 6.45) is 2.89. The number of benzene rings is 1. The number of aryl methyl sites for hydroxylation is 1. The zero-order valence-electron chi connectivity index (χ0n) is 20.3. The molecule has 4 heterocycles. The summed E-state index contributed by atoms with van der Waals surface area (Å²) in [6, 6.07) is 5.34. The third-order valence-electron chi connectivity index (χ3n) is 7.05. The topological polar surface area (TPSA) is 86.5 Å². The summed E-state index contributed by atoms with van der Waals surface area (Å²) in [5, 5.41) is 12.4. The monoisotopic (exact) mass is 510 g/mol. The van der Waals surface area contributed by atoms with Crippen LogP contribution in [0.4, 0.5) is 19.0 Å². The summed E-state index contributed by atoms with van der Waals surface area (Å²) in [7, 11) is 0. The first-order valence-corrected chi connectivity index (χ1v) is 12.2. The maximum absolute atomic E-state index is 14.9. The van der Waals surface area contributed by atoms with E-state index in [2.05, 4.69) is 31.6 Å². The predicted molar refractivity (Wildman–Crippen MR) is 131 cm³/mol. The van der Waals surface area contributed by atoms with Gasteiger partial charge in [-0.25, -0.2) is 23.1 Å². The van der Waals surface area contributed by atoms with Gasteiger partial charge in [0.05, 0.1) is 30.2 Å². The van der Waals surface area contributed by atoms with Crippen molar-refractivity contribution in [2.24, 2.45) is 0 Å². The fraction of sp³-hybridized carbons (Fsp3) is 0.385. The van der Waals surface area contributed by atoms with Gasteiger partial charge in [-0.3, -0.25) is 4.40 Å². The number of aromatic nitrogens is 5. The second kappa shape index (κ2) is 9.07. The number of nitrogens with zero attached hydrogens (tertiary/aromatic N) is 5. The number of alkyl halides is 2. The molecule has 37 heavy (non-hydrogen) atoms. The summed E-state index contributed by atoms with van der Waals surface area (Å²) in [5.74, 6) is -0.527. The fourth-order valence-electron chi connectivity index (χ4n) is 5.18. The van der Waals surface area contributed by atoms with Crippen LogP contribution < -0.4 is 5.32 Å². The lowest BCUT2D eigenvalue weighted by Gasteiger charge is -2.30. The van der Waals surface area contributed by atoms with Gasteiger partial charge in [0.15, 0.2) is 17.1 Å². The number of halogens is 3. The lowest BCUT2D eigenvalue weighted by molar-refractivity contribution is -0.159. The minimum absolute atomic E-state index is 0.129. The minimum atomic E-state index is -2.90. The highest BCUT2D eigenvalue weighted by atomic mass is 19.3. The molecule has 1 aliphatic carbocycles. The van der Waals surface area contributed by atoms with E-state index in [1.807, 2.05) is 6.07 Å². The largest absolute Gasteiger partial charge is 0.363 e. The molecular weight excluding hydrogens is 485 g/mol. The summed E-state index contributed by atoms with van der Waals surface area (Å²) in [6.45, 7) is 4.65. The van der Waals surface area contributed by atoms with E-state index in [0.29, 0.717) is 48.0 Å². The van der Waals surface area contributed by atoms with Crippen LogP contribution in [0, 0.1) is 12.7 Å². The van der Waals surface area contributed by atoms with Gasteiger partial charge in [-0.15, -0.1) is 10.2 Å².